The Kier molecular flexibility index (Phi) is 5.76. The molecule has 0 saturated heterocycles. The standard InChI is InChI=1S/C29H26FN3O4/c30-22-12-4-1-8-18(22)16-31-24-13-5-6-14-25(24)33(23-15-7-11-21(23)29(31)37)26(34)17-32-27(35)19-9-2-3-10-20(19)28(32)36/h1-6,8-10,12-14,21,23,27,35H,7,11,15-17H2/t21?,23-,27?/m1/s1. The molecule has 7 nitrogen and oxygen atoms in total. The fraction of sp³-hybridized carbons (Fsp3) is 0.276. The molecule has 0 radical (unpaired) electrons. The lowest BCUT2D eigenvalue weighted by molar-refractivity contribution is -0.124. The predicted octanol–water partition coefficient (Wildman–Crippen LogP) is 4.02. The summed E-state index contributed by atoms with van der Waals surface area (Å²) in [6.07, 6.45) is 0.817. The quantitative estimate of drug-likeness (QED) is 0.588. The molecular weight excluding hydrogens is 473 g/mol. The minimum atomic E-state index is -1.21. The minimum absolute atomic E-state index is 0.0480. The van der Waals surface area contributed by atoms with Gasteiger partial charge < -0.3 is 14.9 Å². The van der Waals surface area contributed by atoms with Crippen LogP contribution in [0.2, 0.25) is 0 Å². The molecular formula is C29H26FN3O4. The second-order valence-corrected chi connectivity index (χ2v) is 9.77. The van der Waals surface area contributed by atoms with E-state index in [0.717, 1.165) is 6.42 Å². The van der Waals surface area contributed by atoms with Gasteiger partial charge in [-0.3, -0.25) is 19.3 Å². The molecule has 2 aliphatic heterocycles. The van der Waals surface area contributed by atoms with Crippen molar-refractivity contribution < 1.29 is 23.9 Å². The number of para-hydroxylation sites is 2. The number of amides is 3. The van der Waals surface area contributed by atoms with E-state index < -0.39 is 23.9 Å². The molecule has 3 aromatic rings. The van der Waals surface area contributed by atoms with E-state index in [1.54, 1.807) is 76.5 Å². The number of rotatable bonds is 4. The molecule has 1 aliphatic carbocycles. The van der Waals surface area contributed by atoms with Gasteiger partial charge in [0.15, 0.2) is 6.23 Å². The van der Waals surface area contributed by atoms with E-state index in [1.165, 1.54) is 11.0 Å². The maximum Gasteiger partial charge on any atom is 0.257 e. The number of aliphatic hydroxyl groups is 1. The first-order valence-electron chi connectivity index (χ1n) is 12.5. The zero-order chi connectivity index (χ0) is 25.7. The maximum atomic E-state index is 14.6. The summed E-state index contributed by atoms with van der Waals surface area (Å²) in [6.45, 7) is -0.278. The third kappa shape index (κ3) is 3.79. The number of aliphatic hydroxyl groups excluding tert-OH is 1. The second-order valence-electron chi connectivity index (χ2n) is 9.77. The Hall–Kier alpha value is -4.04. The van der Waals surface area contributed by atoms with Crippen LogP contribution < -0.4 is 9.80 Å². The Bertz CT molecular complexity index is 1410. The van der Waals surface area contributed by atoms with E-state index in [1.807, 2.05) is 0 Å². The largest absolute Gasteiger partial charge is 0.369 e. The predicted molar refractivity (Wildman–Crippen MR) is 135 cm³/mol. The first-order chi connectivity index (χ1) is 18.0. The molecule has 1 N–H and O–H groups in total. The van der Waals surface area contributed by atoms with Gasteiger partial charge >= 0.3 is 0 Å². The van der Waals surface area contributed by atoms with Gasteiger partial charge in [-0.25, -0.2) is 4.39 Å². The second kappa shape index (κ2) is 9.12. The Balaban J connectivity index is 1.38. The van der Waals surface area contributed by atoms with Gasteiger partial charge in [-0.05, 0) is 37.1 Å². The van der Waals surface area contributed by atoms with E-state index in [-0.39, 0.29) is 30.9 Å². The van der Waals surface area contributed by atoms with E-state index >= 15 is 0 Å². The Morgan fingerprint density at radius 1 is 0.919 bits per heavy atom. The summed E-state index contributed by atoms with van der Waals surface area (Å²) in [6, 6.07) is 19.9. The summed E-state index contributed by atoms with van der Waals surface area (Å²) < 4.78 is 14.6. The summed E-state index contributed by atoms with van der Waals surface area (Å²) in [4.78, 5) is 45.1. The average molecular weight is 500 g/mol. The number of anilines is 2. The first-order valence-corrected chi connectivity index (χ1v) is 12.5. The zero-order valence-electron chi connectivity index (χ0n) is 20.1. The third-order valence-electron chi connectivity index (χ3n) is 7.71. The van der Waals surface area contributed by atoms with Gasteiger partial charge in [-0.1, -0.05) is 55.0 Å². The van der Waals surface area contributed by atoms with Gasteiger partial charge in [-0.15, -0.1) is 0 Å². The van der Waals surface area contributed by atoms with Gasteiger partial charge in [0.25, 0.3) is 5.91 Å². The molecule has 3 atom stereocenters. The molecule has 6 rings (SSSR count). The van der Waals surface area contributed by atoms with Crippen LogP contribution in [-0.2, 0) is 16.1 Å². The van der Waals surface area contributed by atoms with Crippen LogP contribution >= 0.6 is 0 Å². The minimum Gasteiger partial charge on any atom is -0.369 e. The summed E-state index contributed by atoms with van der Waals surface area (Å²) in [5.74, 6) is -1.75. The fourth-order valence-electron chi connectivity index (χ4n) is 5.94. The highest BCUT2D eigenvalue weighted by Crippen LogP contribution is 2.44. The van der Waals surface area contributed by atoms with E-state index in [2.05, 4.69) is 0 Å². The molecule has 3 amide bonds. The number of fused-ring (bicyclic) bond motifs is 3. The van der Waals surface area contributed by atoms with E-state index in [0.29, 0.717) is 40.9 Å². The van der Waals surface area contributed by atoms with Crippen LogP contribution in [0.25, 0.3) is 0 Å². The number of carbonyl (C=O) groups is 3. The van der Waals surface area contributed by atoms with Gasteiger partial charge in [0, 0.05) is 22.7 Å². The van der Waals surface area contributed by atoms with Crippen LogP contribution in [-0.4, -0.2) is 40.3 Å². The number of carbonyl (C=O) groups excluding carboxylic acids is 3. The third-order valence-corrected chi connectivity index (χ3v) is 7.71. The van der Waals surface area contributed by atoms with Crippen molar-refractivity contribution in [3.05, 3.63) is 95.3 Å². The number of benzene rings is 3. The van der Waals surface area contributed by atoms with Gasteiger partial charge in [0.1, 0.15) is 12.4 Å². The molecule has 188 valence electrons. The molecule has 2 unspecified atom stereocenters. The number of nitrogens with zero attached hydrogens (tertiary/aromatic N) is 3. The van der Waals surface area contributed by atoms with Crippen molar-refractivity contribution >= 4 is 29.1 Å². The normalized spacial score (nSPS) is 22.5. The molecule has 8 heteroatoms. The van der Waals surface area contributed by atoms with E-state index in [4.69, 9.17) is 0 Å². The monoisotopic (exact) mass is 499 g/mol. The highest BCUT2D eigenvalue weighted by Gasteiger charge is 2.47. The van der Waals surface area contributed by atoms with Crippen molar-refractivity contribution in [3.8, 4) is 0 Å². The van der Waals surface area contributed by atoms with Crippen molar-refractivity contribution in [1.29, 1.82) is 0 Å². The molecule has 3 aliphatic rings. The zero-order valence-corrected chi connectivity index (χ0v) is 20.1. The molecule has 0 bridgehead atoms. The van der Waals surface area contributed by atoms with Crippen LogP contribution in [0.3, 0.4) is 0 Å². The van der Waals surface area contributed by atoms with Crippen molar-refractivity contribution in [2.45, 2.75) is 38.1 Å². The number of halogens is 1. The molecule has 0 spiro atoms. The highest BCUT2D eigenvalue weighted by molar-refractivity contribution is 6.08. The van der Waals surface area contributed by atoms with E-state index in [9.17, 15) is 23.9 Å². The van der Waals surface area contributed by atoms with Gasteiger partial charge in [-0.2, -0.15) is 0 Å². The van der Waals surface area contributed by atoms with Crippen LogP contribution in [0, 0.1) is 11.7 Å². The lowest BCUT2D eigenvalue weighted by Gasteiger charge is -2.32. The Morgan fingerprint density at radius 3 is 2.41 bits per heavy atom. The summed E-state index contributed by atoms with van der Waals surface area (Å²) in [5.41, 5.74) is 2.31. The van der Waals surface area contributed by atoms with Crippen LogP contribution in [0.5, 0.6) is 0 Å². The topological polar surface area (TPSA) is 81.2 Å². The van der Waals surface area contributed by atoms with Crippen molar-refractivity contribution in [2.75, 3.05) is 16.3 Å². The van der Waals surface area contributed by atoms with Crippen LogP contribution in [0.15, 0.2) is 72.8 Å². The van der Waals surface area contributed by atoms with Crippen molar-refractivity contribution in [1.82, 2.24) is 4.90 Å². The van der Waals surface area contributed by atoms with Crippen molar-refractivity contribution in [2.24, 2.45) is 5.92 Å². The molecule has 2 heterocycles. The van der Waals surface area contributed by atoms with Crippen LogP contribution in [0.4, 0.5) is 15.8 Å². The van der Waals surface area contributed by atoms with Gasteiger partial charge in [0.05, 0.1) is 23.8 Å². The van der Waals surface area contributed by atoms with Gasteiger partial charge in [0.2, 0.25) is 11.8 Å². The maximum absolute atomic E-state index is 14.6. The molecule has 1 saturated carbocycles. The Labute approximate surface area is 213 Å². The number of hydrogen-bond acceptors (Lipinski definition) is 4. The van der Waals surface area contributed by atoms with Crippen molar-refractivity contribution in [3.63, 3.8) is 0 Å². The smallest absolute Gasteiger partial charge is 0.257 e. The SMILES string of the molecule is O=C1C2CCC[C@H]2N(C(=O)CN2C(=O)c3ccccc3C2O)c2ccccc2N1Cc1ccccc1F. The average Bonchev–Trinajstić information content (AvgIpc) is 3.45. The summed E-state index contributed by atoms with van der Waals surface area (Å²) >= 11 is 0. The molecule has 0 aromatic heterocycles. The lowest BCUT2D eigenvalue weighted by Crippen LogP contribution is -2.49. The molecule has 1 fully saturated rings. The van der Waals surface area contributed by atoms with Crippen LogP contribution in [0.1, 0.15) is 47.0 Å². The summed E-state index contributed by atoms with van der Waals surface area (Å²) in [7, 11) is 0. The Morgan fingerprint density at radius 2 is 1.62 bits per heavy atom. The molecule has 37 heavy (non-hydrogen) atoms. The summed E-state index contributed by atoms with van der Waals surface area (Å²) in [5, 5.41) is 10.8. The first kappa shape index (κ1) is 23.4. The fourth-order valence-corrected chi connectivity index (χ4v) is 5.94. The number of hydrogen-bond donors (Lipinski definition) is 1. The molecule has 3 aromatic carbocycles. The lowest BCUT2D eigenvalue weighted by atomic mass is 10.0. The highest BCUT2D eigenvalue weighted by atomic mass is 19.1.